The van der Waals surface area contributed by atoms with Gasteiger partial charge in [0.25, 0.3) is 0 Å². The molecule has 0 aromatic heterocycles. The molecule has 0 amide bonds. The van der Waals surface area contributed by atoms with Gasteiger partial charge in [0.05, 0.1) is 11.1 Å². The Balaban J connectivity index is 2.47. The van der Waals surface area contributed by atoms with E-state index < -0.39 is 0 Å². The third-order valence-electron chi connectivity index (χ3n) is 2.74. The molecule has 0 aliphatic rings. The zero-order valence-corrected chi connectivity index (χ0v) is 13.3. The van der Waals surface area contributed by atoms with Crippen LogP contribution >= 0.6 is 15.9 Å². The number of ether oxygens (including phenoxy) is 2. The van der Waals surface area contributed by atoms with Crippen molar-refractivity contribution in [1.29, 1.82) is 0 Å². The zero-order chi connectivity index (χ0) is 14.1. The van der Waals surface area contributed by atoms with Crippen molar-refractivity contribution in [2.45, 2.75) is 19.9 Å². The van der Waals surface area contributed by atoms with Crippen LogP contribution in [0.2, 0.25) is 0 Å². The third-order valence-corrected chi connectivity index (χ3v) is 3.36. The minimum absolute atomic E-state index is 0.570. The Morgan fingerprint density at radius 2 is 2.21 bits per heavy atom. The highest BCUT2D eigenvalue weighted by Gasteiger charge is 2.03. The summed E-state index contributed by atoms with van der Waals surface area (Å²) < 4.78 is 11.7. The van der Waals surface area contributed by atoms with Crippen LogP contribution in [0.4, 0.5) is 0 Å². The Hall–Kier alpha value is -0.840. The summed E-state index contributed by atoms with van der Waals surface area (Å²) in [5.41, 5.74) is 2.31. The van der Waals surface area contributed by atoms with Crippen LogP contribution in [0.25, 0.3) is 0 Å². The van der Waals surface area contributed by atoms with Crippen LogP contribution in [0.3, 0.4) is 0 Å². The van der Waals surface area contributed by atoms with Gasteiger partial charge in [-0.1, -0.05) is 19.6 Å². The van der Waals surface area contributed by atoms with Crippen molar-refractivity contribution < 1.29 is 9.47 Å². The second-order valence-corrected chi connectivity index (χ2v) is 5.18. The molecule has 0 aliphatic heterocycles. The van der Waals surface area contributed by atoms with E-state index in [1.807, 2.05) is 6.07 Å². The van der Waals surface area contributed by atoms with Crippen molar-refractivity contribution in [3.05, 3.63) is 40.4 Å². The van der Waals surface area contributed by atoms with E-state index in [2.05, 4.69) is 46.9 Å². The molecule has 1 rings (SSSR count). The molecule has 0 aliphatic carbocycles. The van der Waals surface area contributed by atoms with Gasteiger partial charge in [-0.15, -0.1) is 0 Å². The second kappa shape index (κ2) is 9.13. The van der Waals surface area contributed by atoms with Crippen LogP contribution in [0, 0.1) is 0 Å². The van der Waals surface area contributed by atoms with E-state index in [4.69, 9.17) is 9.47 Å². The van der Waals surface area contributed by atoms with Crippen molar-refractivity contribution >= 4 is 15.9 Å². The molecule has 0 spiro atoms. The van der Waals surface area contributed by atoms with Gasteiger partial charge < -0.3 is 14.8 Å². The Morgan fingerprint density at radius 3 is 2.84 bits per heavy atom. The van der Waals surface area contributed by atoms with Gasteiger partial charge in [0.15, 0.2) is 0 Å². The molecule has 0 heterocycles. The quantitative estimate of drug-likeness (QED) is 0.556. The Bertz CT molecular complexity index is 407. The highest BCUT2D eigenvalue weighted by molar-refractivity contribution is 9.10. The molecule has 0 unspecified atom stereocenters. The Morgan fingerprint density at radius 1 is 1.42 bits per heavy atom. The highest BCUT2D eigenvalue weighted by atomic mass is 79.9. The van der Waals surface area contributed by atoms with Crippen molar-refractivity contribution in [3.63, 3.8) is 0 Å². The lowest BCUT2D eigenvalue weighted by atomic mass is 10.2. The summed E-state index contributed by atoms with van der Waals surface area (Å²) in [4.78, 5) is 0. The standard InChI is InChI=1S/C15H22BrNO2/c1-4-12(2)11-19-15-6-5-13(9-14(15)16)10-17-7-8-18-3/h5-6,9,17H,2,4,7-8,10-11H2,1,3H3. The first-order valence-corrected chi connectivity index (χ1v) is 7.24. The molecule has 0 fully saturated rings. The van der Waals surface area contributed by atoms with Crippen molar-refractivity contribution in [1.82, 2.24) is 5.32 Å². The average molecular weight is 328 g/mol. The van der Waals surface area contributed by atoms with Crippen LogP contribution in [0.15, 0.2) is 34.8 Å². The molecule has 0 atom stereocenters. The molecule has 0 bridgehead atoms. The first-order chi connectivity index (χ1) is 9.17. The maximum absolute atomic E-state index is 5.70. The first-order valence-electron chi connectivity index (χ1n) is 6.45. The number of hydrogen-bond donors (Lipinski definition) is 1. The molecule has 19 heavy (non-hydrogen) atoms. The minimum atomic E-state index is 0.570. The number of rotatable bonds is 9. The minimum Gasteiger partial charge on any atom is -0.488 e. The van der Waals surface area contributed by atoms with Gasteiger partial charge in [0.2, 0.25) is 0 Å². The summed E-state index contributed by atoms with van der Waals surface area (Å²) in [7, 11) is 1.70. The van der Waals surface area contributed by atoms with Crippen LogP contribution in [0.1, 0.15) is 18.9 Å². The molecular weight excluding hydrogens is 306 g/mol. The summed E-state index contributed by atoms with van der Waals surface area (Å²) in [5.74, 6) is 0.857. The fraction of sp³-hybridized carbons (Fsp3) is 0.467. The molecule has 3 nitrogen and oxygen atoms in total. The van der Waals surface area contributed by atoms with Gasteiger partial charge in [0.1, 0.15) is 12.4 Å². The normalized spacial score (nSPS) is 10.5. The van der Waals surface area contributed by atoms with Gasteiger partial charge in [0, 0.05) is 20.2 Å². The number of nitrogens with one attached hydrogen (secondary N) is 1. The van der Waals surface area contributed by atoms with Gasteiger partial charge >= 0.3 is 0 Å². The SMILES string of the molecule is C=C(CC)COc1ccc(CNCCOC)cc1Br. The van der Waals surface area contributed by atoms with Crippen molar-refractivity contribution in [2.24, 2.45) is 0 Å². The predicted octanol–water partition coefficient (Wildman–Crippen LogP) is 3.53. The topological polar surface area (TPSA) is 30.5 Å². The molecule has 0 saturated carbocycles. The largest absolute Gasteiger partial charge is 0.488 e. The lowest BCUT2D eigenvalue weighted by Gasteiger charge is -2.11. The van der Waals surface area contributed by atoms with E-state index in [0.717, 1.165) is 41.9 Å². The average Bonchev–Trinajstić information content (AvgIpc) is 2.42. The molecule has 1 aromatic carbocycles. The molecule has 106 valence electrons. The number of methoxy groups -OCH3 is 1. The van der Waals surface area contributed by atoms with Crippen LogP contribution in [-0.2, 0) is 11.3 Å². The van der Waals surface area contributed by atoms with Crippen LogP contribution in [-0.4, -0.2) is 26.9 Å². The smallest absolute Gasteiger partial charge is 0.133 e. The fourth-order valence-corrected chi connectivity index (χ4v) is 2.00. The van der Waals surface area contributed by atoms with Gasteiger partial charge in [-0.25, -0.2) is 0 Å². The van der Waals surface area contributed by atoms with Gasteiger partial charge in [-0.2, -0.15) is 0 Å². The van der Waals surface area contributed by atoms with E-state index >= 15 is 0 Å². The molecule has 1 N–H and O–H groups in total. The fourth-order valence-electron chi connectivity index (χ4n) is 1.46. The van der Waals surface area contributed by atoms with Crippen molar-refractivity contribution in [3.8, 4) is 5.75 Å². The second-order valence-electron chi connectivity index (χ2n) is 4.33. The predicted molar refractivity (Wildman–Crippen MR) is 82.7 cm³/mol. The van der Waals surface area contributed by atoms with E-state index in [-0.39, 0.29) is 0 Å². The summed E-state index contributed by atoms with van der Waals surface area (Å²) >= 11 is 3.53. The molecular formula is C15H22BrNO2. The van der Waals surface area contributed by atoms with Crippen LogP contribution < -0.4 is 10.1 Å². The zero-order valence-electron chi connectivity index (χ0n) is 11.7. The molecule has 0 saturated heterocycles. The van der Waals surface area contributed by atoms with E-state index in [1.54, 1.807) is 7.11 Å². The summed E-state index contributed by atoms with van der Waals surface area (Å²) in [5, 5.41) is 3.31. The van der Waals surface area contributed by atoms with E-state index in [9.17, 15) is 0 Å². The summed E-state index contributed by atoms with van der Waals surface area (Å²) in [6, 6.07) is 6.12. The monoisotopic (exact) mass is 327 g/mol. The Kier molecular flexibility index (Phi) is 7.79. The van der Waals surface area contributed by atoms with Gasteiger partial charge in [-0.3, -0.25) is 0 Å². The number of hydrogen-bond acceptors (Lipinski definition) is 3. The lowest BCUT2D eigenvalue weighted by Crippen LogP contribution is -2.18. The number of halogens is 1. The Labute approximate surface area is 124 Å². The lowest BCUT2D eigenvalue weighted by molar-refractivity contribution is 0.199. The van der Waals surface area contributed by atoms with Gasteiger partial charge in [-0.05, 0) is 45.6 Å². The molecule has 0 radical (unpaired) electrons. The summed E-state index contributed by atoms with van der Waals surface area (Å²) in [6.45, 7) is 8.98. The van der Waals surface area contributed by atoms with Crippen molar-refractivity contribution in [2.75, 3.05) is 26.9 Å². The maximum atomic E-state index is 5.70. The summed E-state index contributed by atoms with van der Waals surface area (Å²) in [6.07, 6.45) is 0.944. The third kappa shape index (κ3) is 6.23. The van der Waals surface area contributed by atoms with Crippen LogP contribution in [0.5, 0.6) is 5.75 Å². The number of benzene rings is 1. The maximum Gasteiger partial charge on any atom is 0.133 e. The van der Waals surface area contributed by atoms with E-state index in [1.165, 1.54) is 5.56 Å². The van der Waals surface area contributed by atoms with E-state index in [0.29, 0.717) is 6.61 Å². The molecule has 4 heteroatoms. The first kappa shape index (κ1) is 16.2. The molecule has 1 aromatic rings. The highest BCUT2D eigenvalue weighted by Crippen LogP contribution is 2.26.